The van der Waals surface area contributed by atoms with Crippen molar-refractivity contribution in [1.82, 2.24) is 14.7 Å². The van der Waals surface area contributed by atoms with Crippen LogP contribution in [0.1, 0.15) is 41.4 Å². The largest absolute Gasteiger partial charge is 0.497 e. The average Bonchev–Trinajstić information content (AvgIpc) is 3.14. The Bertz CT molecular complexity index is 947. The van der Waals surface area contributed by atoms with Crippen LogP contribution in [0.4, 0.5) is 4.39 Å². The van der Waals surface area contributed by atoms with Gasteiger partial charge in [-0.2, -0.15) is 5.10 Å². The zero-order valence-electron chi connectivity index (χ0n) is 16.5. The van der Waals surface area contributed by atoms with E-state index in [0.717, 1.165) is 22.7 Å². The molecule has 0 aliphatic carbocycles. The first-order chi connectivity index (χ1) is 13.4. The molecule has 0 radical (unpaired) electrons. The number of amides is 1. The molecule has 0 aliphatic heterocycles. The molecule has 0 bridgehead atoms. The Kier molecular flexibility index (Phi) is 5.78. The fraction of sp³-hybridized carbons (Fsp3) is 0.273. The first kappa shape index (κ1) is 19.6. The van der Waals surface area contributed by atoms with Crippen LogP contribution in [0.25, 0.3) is 5.69 Å². The molecule has 0 atom stereocenters. The molecule has 146 valence electrons. The van der Waals surface area contributed by atoms with E-state index in [9.17, 15) is 9.18 Å². The molecule has 2 aromatic carbocycles. The summed E-state index contributed by atoms with van der Waals surface area (Å²) in [6, 6.07) is 13.7. The van der Waals surface area contributed by atoms with Crippen molar-refractivity contribution in [2.45, 2.75) is 26.3 Å². The number of benzene rings is 2. The smallest absolute Gasteiger partial charge is 0.257 e. The molecule has 1 heterocycles. The van der Waals surface area contributed by atoms with Crippen LogP contribution in [-0.2, 0) is 6.54 Å². The van der Waals surface area contributed by atoms with Crippen LogP contribution >= 0.6 is 0 Å². The Morgan fingerprint density at radius 3 is 2.36 bits per heavy atom. The maximum absolute atomic E-state index is 13.3. The van der Waals surface area contributed by atoms with Gasteiger partial charge in [-0.1, -0.05) is 26.0 Å². The Labute approximate surface area is 164 Å². The first-order valence-corrected chi connectivity index (χ1v) is 9.13. The van der Waals surface area contributed by atoms with E-state index in [-0.39, 0.29) is 17.6 Å². The molecule has 3 rings (SSSR count). The Morgan fingerprint density at radius 2 is 1.79 bits per heavy atom. The van der Waals surface area contributed by atoms with Gasteiger partial charge in [0.05, 0.1) is 30.3 Å². The lowest BCUT2D eigenvalue weighted by molar-refractivity contribution is 0.0783. The van der Waals surface area contributed by atoms with Gasteiger partial charge in [0.25, 0.3) is 5.91 Å². The molecule has 3 aromatic rings. The lowest BCUT2D eigenvalue weighted by Gasteiger charge is -2.19. The predicted octanol–water partition coefficient (Wildman–Crippen LogP) is 4.42. The second-order valence-electron chi connectivity index (χ2n) is 7.00. The number of ether oxygens (including phenoxy) is 1. The summed E-state index contributed by atoms with van der Waals surface area (Å²) < 4.78 is 20.1. The number of hydrogen-bond donors (Lipinski definition) is 0. The van der Waals surface area contributed by atoms with Crippen molar-refractivity contribution in [3.05, 3.63) is 77.4 Å². The van der Waals surface area contributed by atoms with Crippen molar-refractivity contribution in [1.29, 1.82) is 0 Å². The number of nitrogens with zero attached hydrogens (tertiary/aromatic N) is 3. The standard InChI is InChI=1S/C22H24FN3O2/c1-15(2)21-20(13-24-26(21)18-9-7-17(23)8-10-18)22(27)25(3)14-16-5-11-19(28-4)12-6-16/h5-13,15H,14H2,1-4H3. The van der Waals surface area contributed by atoms with E-state index in [1.54, 1.807) is 42.1 Å². The number of carbonyl (C=O) groups excluding carboxylic acids is 1. The van der Waals surface area contributed by atoms with Crippen LogP contribution in [0, 0.1) is 5.82 Å². The highest BCUT2D eigenvalue weighted by Crippen LogP contribution is 2.25. The van der Waals surface area contributed by atoms with Crippen LogP contribution in [0.2, 0.25) is 0 Å². The van der Waals surface area contributed by atoms with E-state index in [1.807, 2.05) is 38.1 Å². The second-order valence-corrected chi connectivity index (χ2v) is 7.00. The molecule has 6 heteroatoms. The molecule has 1 aromatic heterocycles. The van der Waals surface area contributed by atoms with E-state index in [2.05, 4.69) is 5.10 Å². The lowest BCUT2D eigenvalue weighted by atomic mass is 10.0. The minimum atomic E-state index is -0.308. The fourth-order valence-corrected chi connectivity index (χ4v) is 3.15. The molecule has 0 spiro atoms. The summed E-state index contributed by atoms with van der Waals surface area (Å²) in [5.74, 6) is 0.437. The molecule has 0 saturated carbocycles. The minimum Gasteiger partial charge on any atom is -0.497 e. The monoisotopic (exact) mass is 381 g/mol. The van der Waals surface area contributed by atoms with E-state index in [4.69, 9.17) is 4.74 Å². The summed E-state index contributed by atoms with van der Waals surface area (Å²) in [5.41, 5.74) is 3.09. The van der Waals surface area contributed by atoms with Gasteiger partial charge in [0.1, 0.15) is 11.6 Å². The van der Waals surface area contributed by atoms with Crippen molar-refractivity contribution < 1.29 is 13.9 Å². The van der Waals surface area contributed by atoms with Crippen molar-refractivity contribution in [3.63, 3.8) is 0 Å². The van der Waals surface area contributed by atoms with Crippen LogP contribution in [-0.4, -0.2) is 34.7 Å². The number of aromatic nitrogens is 2. The SMILES string of the molecule is COc1ccc(CN(C)C(=O)c2cnn(-c3ccc(F)cc3)c2C(C)C)cc1. The number of methoxy groups -OCH3 is 1. The highest BCUT2D eigenvalue weighted by atomic mass is 19.1. The van der Waals surface area contributed by atoms with Crippen molar-refractivity contribution in [2.75, 3.05) is 14.2 Å². The number of hydrogen-bond acceptors (Lipinski definition) is 3. The summed E-state index contributed by atoms with van der Waals surface area (Å²) in [7, 11) is 3.39. The summed E-state index contributed by atoms with van der Waals surface area (Å²) >= 11 is 0. The topological polar surface area (TPSA) is 47.4 Å². The maximum atomic E-state index is 13.3. The molecule has 28 heavy (non-hydrogen) atoms. The molecule has 1 amide bonds. The third-order valence-electron chi connectivity index (χ3n) is 4.58. The van der Waals surface area contributed by atoms with Crippen LogP contribution in [0.15, 0.2) is 54.7 Å². The van der Waals surface area contributed by atoms with Crippen molar-refractivity contribution >= 4 is 5.91 Å². The van der Waals surface area contributed by atoms with Gasteiger partial charge in [-0.15, -0.1) is 0 Å². The minimum absolute atomic E-state index is 0.0703. The van der Waals surface area contributed by atoms with E-state index >= 15 is 0 Å². The van der Waals surface area contributed by atoms with Crippen LogP contribution < -0.4 is 4.74 Å². The number of carbonyl (C=O) groups is 1. The number of halogens is 1. The second kappa shape index (κ2) is 8.25. The molecule has 0 aliphatic rings. The third kappa shape index (κ3) is 4.06. The summed E-state index contributed by atoms with van der Waals surface area (Å²) in [5, 5.41) is 4.40. The van der Waals surface area contributed by atoms with Gasteiger partial charge in [-0.25, -0.2) is 9.07 Å². The quantitative estimate of drug-likeness (QED) is 0.635. The van der Waals surface area contributed by atoms with Crippen molar-refractivity contribution in [2.24, 2.45) is 0 Å². The molecule has 0 unspecified atom stereocenters. The Balaban J connectivity index is 1.87. The third-order valence-corrected chi connectivity index (χ3v) is 4.58. The zero-order chi connectivity index (χ0) is 20.3. The molecule has 0 fully saturated rings. The summed E-state index contributed by atoms with van der Waals surface area (Å²) in [4.78, 5) is 14.8. The van der Waals surface area contributed by atoms with Gasteiger partial charge in [0.15, 0.2) is 0 Å². The van der Waals surface area contributed by atoms with Crippen molar-refractivity contribution in [3.8, 4) is 11.4 Å². The average molecular weight is 381 g/mol. The predicted molar refractivity (Wildman–Crippen MR) is 106 cm³/mol. The van der Waals surface area contributed by atoms with Gasteiger partial charge in [0.2, 0.25) is 0 Å². The fourth-order valence-electron chi connectivity index (χ4n) is 3.15. The normalized spacial score (nSPS) is 10.9. The van der Waals surface area contributed by atoms with Crippen LogP contribution in [0.5, 0.6) is 5.75 Å². The highest BCUT2D eigenvalue weighted by molar-refractivity contribution is 5.95. The Hall–Kier alpha value is -3.15. The Morgan fingerprint density at radius 1 is 1.14 bits per heavy atom. The molecule has 5 nitrogen and oxygen atoms in total. The van der Waals surface area contributed by atoms with Gasteiger partial charge in [-0.05, 0) is 47.9 Å². The lowest BCUT2D eigenvalue weighted by Crippen LogP contribution is -2.27. The van der Waals surface area contributed by atoms with E-state index in [0.29, 0.717) is 12.1 Å². The summed E-state index contributed by atoms with van der Waals surface area (Å²) in [6.45, 7) is 4.50. The highest BCUT2D eigenvalue weighted by Gasteiger charge is 2.23. The first-order valence-electron chi connectivity index (χ1n) is 9.13. The zero-order valence-corrected chi connectivity index (χ0v) is 16.5. The number of rotatable bonds is 6. The van der Waals surface area contributed by atoms with Gasteiger partial charge in [-0.3, -0.25) is 4.79 Å². The van der Waals surface area contributed by atoms with E-state index < -0.39 is 0 Å². The van der Waals surface area contributed by atoms with Gasteiger partial charge in [0, 0.05) is 13.6 Å². The molecular formula is C22H24FN3O2. The maximum Gasteiger partial charge on any atom is 0.257 e. The molecular weight excluding hydrogens is 357 g/mol. The molecule has 0 saturated heterocycles. The van der Waals surface area contributed by atoms with Crippen LogP contribution in [0.3, 0.4) is 0 Å². The summed E-state index contributed by atoms with van der Waals surface area (Å²) in [6.07, 6.45) is 1.59. The molecule has 0 N–H and O–H groups in total. The van der Waals surface area contributed by atoms with Gasteiger partial charge >= 0.3 is 0 Å². The van der Waals surface area contributed by atoms with E-state index in [1.165, 1.54) is 12.1 Å². The van der Waals surface area contributed by atoms with Gasteiger partial charge < -0.3 is 9.64 Å².